The summed E-state index contributed by atoms with van der Waals surface area (Å²) in [5, 5.41) is 7.98. The Bertz CT molecular complexity index is 1460. The van der Waals surface area contributed by atoms with E-state index in [-0.39, 0.29) is 11.9 Å². The van der Waals surface area contributed by atoms with Crippen LogP contribution in [-0.2, 0) is 0 Å². The van der Waals surface area contributed by atoms with Crippen LogP contribution >= 0.6 is 11.6 Å². The number of pyridine rings is 1. The minimum Gasteiger partial charge on any atom is -0.384 e. The second-order valence-electron chi connectivity index (χ2n) is 8.37. The number of benzene rings is 1. The molecule has 1 unspecified atom stereocenters. The largest absolute Gasteiger partial charge is 0.384 e. The van der Waals surface area contributed by atoms with Crippen LogP contribution in [0.15, 0.2) is 70.1 Å². The molecule has 11 heteroatoms. The van der Waals surface area contributed by atoms with Crippen LogP contribution in [0.1, 0.15) is 30.3 Å². The Hall–Kier alpha value is -4.31. The summed E-state index contributed by atoms with van der Waals surface area (Å²) in [4.78, 5) is 20.3. The van der Waals surface area contributed by atoms with Crippen LogP contribution < -0.4 is 10.6 Å². The lowest BCUT2D eigenvalue weighted by Gasteiger charge is -2.30. The van der Waals surface area contributed by atoms with Gasteiger partial charge in [0.25, 0.3) is 0 Å². The van der Waals surface area contributed by atoms with Gasteiger partial charge in [0.2, 0.25) is 5.95 Å². The average Bonchev–Trinajstić information content (AvgIpc) is 3.50. The fraction of sp³-hybridized carbons (Fsp3) is 0.160. The zero-order valence-electron chi connectivity index (χ0n) is 19.5. The maximum Gasteiger partial charge on any atom is 0.224 e. The molecular formula is C25H23ClFN9. The monoisotopic (exact) mass is 503 g/mol. The minimum atomic E-state index is -0.648. The van der Waals surface area contributed by atoms with E-state index in [1.165, 1.54) is 0 Å². The first-order valence-corrected chi connectivity index (χ1v) is 11.5. The van der Waals surface area contributed by atoms with Crippen LogP contribution in [0.4, 0.5) is 15.9 Å². The zero-order valence-corrected chi connectivity index (χ0v) is 20.2. The van der Waals surface area contributed by atoms with Crippen molar-refractivity contribution in [1.82, 2.24) is 19.9 Å². The number of hydrogen-bond donors (Lipinski definition) is 2. The molecule has 5 rings (SSSR count). The maximum absolute atomic E-state index is 14.3. The van der Waals surface area contributed by atoms with Crippen LogP contribution in [0.3, 0.4) is 0 Å². The van der Waals surface area contributed by atoms with Crippen molar-refractivity contribution in [2.45, 2.75) is 18.9 Å². The summed E-state index contributed by atoms with van der Waals surface area (Å²) in [5.41, 5.74) is 9.61. The number of fused-ring (bicyclic) bond motifs is 1. The molecule has 0 amide bonds. The number of rotatable bonds is 6. The van der Waals surface area contributed by atoms with E-state index in [2.05, 4.69) is 43.4 Å². The Morgan fingerprint density at radius 1 is 1.31 bits per heavy atom. The first-order chi connectivity index (χ1) is 17.4. The van der Waals surface area contributed by atoms with Crippen molar-refractivity contribution < 1.29 is 4.39 Å². The topological polar surface area (TPSA) is 111 Å². The number of nitrogens with one attached hydrogen (secondary N) is 1. The van der Waals surface area contributed by atoms with Crippen molar-refractivity contribution >= 4 is 47.7 Å². The predicted molar refractivity (Wildman–Crippen MR) is 142 cm³/mol. The highest BCUT2D eigenvalue weighted by Gasteiger charge is 2.36. The molecule has 182 valence electrons. The Balaban J connectivity index is 1.45. The molecule has 3 aromatic rings. The van der Waals surface area contributed by atoms with Gasteiger partial charge in [-0.2, -0.15) is 9.49 Å². The van der Waals surface area contributed by atoms with Gasteiger partial charge < -0.3 is 20.5 Å². The van der Waals surface area contributed by atoms with Gasteiger partial charge in [0.05, 0.1) is 34.9 Å². The van der Waals surface area contributed by atoms with Gasteiger partial charge >= 0.3 is 0 Å². The Kier molecular flexibility index (Phi) is 6.11. The van der Waals surface area contributed by atoms with Gasteiger partial charge in [-0.25, -0.2) is 15.0 Å². The Morgan fingerprint density at radius 3 is 2.92 bits per heavy atom. The molecule has 0 bridgehead atoms. The smallest absolute Gasteiger partial charge is 0.224 e. The van der Waals surface area contributed by atoms with E-state index < -0.39 is 5.95 Å². The number of aliphatic imine (C=N–C) groups is 1. The molecule has 1 saturated heterocycles. The van der Waals surface area contributed by atoms with E-state index >= 15 is 0 Å². The number of aromatic nitrogens is 3. The van der Waals surface area contributed by atoms with Gasteiger partial charge in [0.15, 0.2) is 0 Å². The maximum atomic E-state index is 14.3. The van der Waals surface area contributed by atoms with E-state index in [1.807, 2.05) is 36.2 Å². The number of nitrogens with two attached hydrogens (primary N) is 1. The van der Waals surface area contributed by atoms with Crippen LogP contribution in [0.2, 0.25) is 5.02 Å². The van der Waals surface area contributed by atoms with Crippen LogP contribution in [-0.4, -0.2) is 45.8 Å². The average molecular weight is 504 g/mol. The van der Waals surface area contributed by atoms with Gasteiger partial charge in [-0.15, -0.1) is 5.10 Å². The summed E-state index contributed by atoms with van der Waals surface area (Å²) in [6.45, 7) is 7.67. The number of anilines is 2. The lowest BCUT2D eigenvalue weighted by atomic mass is 10.1. The number of nitrogen functional groups attached to an aromatic ring is 1. The van der Waals surface area contributed by atoms with Gasteiger partial charge in [0.1, 0.15) is 23.8 Å². The highest BCUT2D eigenvalue weighted by Crippen LogP contribution is 2.41. The lowest BCUT2D eigenvalue weighted by molar-refractivity contribution is 0.408. The number of H-pyrrole nitrogens is 1. The van der Waals surface area contributed by atoms with E-state index in [0.717, 1.165) is 41.3 Å². The SMILES string of the molecule is C=N/N=C\N(C)c1ccc(Cl)cc1C1=CC(=C)N2C(=N1)CCC2c1ncc(-c2ccc(N)nc2F)[nH]1. The van der Waals surface area contributed by atoms with Crippen molar-refractivity contribution in [2.24, 2.45) is 15.2 Å². The molecule has 1 aromatic carbocycles. The Morgan fingerprint density at radius 2 is 2.14 bits per heavy atom. The van der Waals surface area contributed by atoms with Crippen molar-refractivity contribution in [2.75, 3.05) is 17.7 Å². The molecule has 4 heterocycles. The first-order valence-electron chi connectivity index (χ1n) is 11.1. The number of amidine groups is 1. The Labute approximate surface area is 212 Å². The molecule has 0 aliphatic carbocycles. The highest BCUT2D eigenvalue weighted by molar-refractivity contribution is 6.31. The van der Waals surface area contributed by atoms with Gasteiger partial charge in [-0.3, -0.25) is 0 Å². The lowest BCUT2D eigenvalue weighted by Crippen LogP contribution is -2.29. The number of nitrogens with zero attached hydrogens (tertiary/aromatic N) is 7. The third-order valence-electron chi connectivity index (χ3n) is 6.09. The molecule has 1 atom stereocenters. The second-order valence-corrected chi connectivity index (χ2v) is 8.81. The molecule has 0 saturated carbocycles. The van der Waals surface area contributed by atoms with E-state index in [4.69, 9.17) is 22.3 Å². The fourth-order valence-electron chi connectivity index (χ4n) is 4.46. The van der Waals surface area contributed by atoms with Crippen molar-refractivity contribution in [3.63, 3.8) is 0 Å². The minimum absolute atomic E-state index is 0.111. The summed E-state index contributed by atoms with van der Waals surface area (Å²) >= 11 is 6.33. The van der Waals surface area contributed by atoms with Crippen molar-refractivity contribution in [3.05, 3.63) is 77.2 Å². The van der Waals surface area contributed by atoms with E-state index in [1.54, 1.807) is 24.7 Å². The zero-order chi connectivity index (χ0) is 25.4. The summed E-state index contributed by atoms with van der Waals surface area (Å²) in [5.74, 6) is 1.04. The van der Waals surface area contributed by atoms with Crippen molar-refractivity contribution in [3.8, 4) is 11.3 Å². The fourth-order valence-corrected chi connectivity index (χ4v) is 4.63. The van der Waals surface area contributed by atoms with Gasteiger partial charge in [0, 0.05) is 36.5 Å². The van der Waals surface area contributed by atoms with E-state index in [0.29, 0.717) is 22.1 Å². The number of allylic oxidation sites excluding steroid dienone is 1. The van der Waals surface area contributed by atoms with Gasteiger partial charge in [-0.1, -0.05) is 18.2 Å². The molecule has 2 aromatic heterocycles. The molecule has 0 spiro atoms. The summed E-state index contributed by atoms with van der Waals surface area (Å²) < 4.78 is 14.3. The number of halogens is 2. The molecule has 3 N–H and O–H groups in total. The number of hydrogen-bond acceptors (Lipinski definition) is 7. The van der Waals surface area contributed by atoms with E-state index in [9.17, 15) is 4.39 Å². The third kappa shape index (κ3) is 4.27. The normalized spacial score (nSPS) is 17.2. The standard InChI is InChI=1S/C25H23ClFN9/c1-14-10-18(17-11-15(26)4-6-20(17)35(3)13-31-29-2)32-23-9-7-21(36(14)23)25-30-12-19(33-25)16-5-8-22(28)34-24(16)27/h4-6,8,10-13,21H,1-2,7,9H2,3H3,(H2,28,34)(H,30,33)/b31-13-. The number of aromatic amines is 1. The van der Waals surface area contributed by atoms with Crippen LogP contribution in [0, 0.1) is 5.95 Å². The van der Waals surface area contributed by atoms with Crippen LogP contribution in [0.25, 0.3) is 17.0 Å². The molecular weight excluding hydrogens is 481 g/mol. The summed E-state index contributed by atoms with van der Waals surface area (Å²) in [6.07, 6.45) is 6.58. The molecule has 1 fully saturated rings. The highest BCUT2D eigenvalue weighted by atomic mass is 35.5. The molecule has 0 radical (unpaired) electrons. The molecule has 2 aliphatic rings. The second kappa shape index (κ2) is 9.38. The first kappa shape index (κ1) is 23.4. The quantitative estimate of drug-likeness (QED) is 0.212. The predicted octanol–water partition coefficient (Wildman–Crippen LogP) is 5.03. The van der Waals surface area contributed by atoms with Crippen LogP contribution in [0.5, 0.6) is 0 Å². The van der Waals surface area contributed by atoms with Gasteiger partial charge in [-0.05, 0) is 42.8 Å². The summed E-state index contributed by atoms with van der Waals surface area (Å²) in [7, 11) is 1.86. The number of imidazole rings is 1. The third-order valence-corrected chi connectivity index (χ3v) is 6.32. The summed E-state index contributed by atoms with van der Waals surface area (Å²) in [6, 6.07) is 8.60. The molecule has 36 heavy (non-hydrogen) atoms. The molecule has 9 nitrogen and oxygen atoms in total. The van der Waals surface area contributed by atoms with Crippen molar-refractivity contribution in [1.29, 1.82) is 0 Å². The molecule has 2 aliphatic heterocycles.